The van der Waals surface area contributed by atoms with E-state index in [9.17, 15) is 10.2 Å². The van der Waals surface area contributed by atoms with Crippen molar-refractivity contribution in [2.75, 3.05) is 0 Å². The summed E-state index contributed by atoms with van der Waals surface area (Å²) in [6.45, 7) is 2.22. The predicted octanol–water partition coefficient (Wildman–Crippen LogP) is 7.07. The molecule has 0 heterocycles. The molecule has 0 unspecified atom stereocenters. The lowest BCUT2D eigenvalue weighted by Crippen LogP contribution is -1.88. The largest absolute Gasteiger partial charge is 0.504 e. The second-order valence-electron chi connectivity index (χ2n) is 6.81. The van der Waals surface area contributed by atoms with Crippen LogP contribution in [0.5, 0.6) is 11.5 Å². The standard InChI is InChI=1S/C15H16.C12H10O2/c1-2-8-13-11-6-7-12-15(13)14-9-4-3-5-10-14;13-11-8-4-7-10(12(11)14)9-5-2-1-3-6-9/h3-7,9-12H,2,8H2,1H3;1-8,13-14H. The molecule has 0 fully saturated rings. The van der Waals surface area contributed by atoms with Gasteiger partial charge < -0.3 is 10.2 Å². The van der Waals surface area contributed by atoms with Crippen molar-refractivity contribution in [1.82, 2.24) is 0 Å². The van der Waals surface area contributed by atoms with Gasteiger partial charge in [-0.1, -0.05) is 110 Å². The van der Waals surface area contributed by atoms with Crippen LogP contribution in [0.3, 0.4) is 0 Å². The van der Waals surface area contributed by atoms with Crippen molar-refractivity contribution >= 4 is 0 Å². The van der Waals surface area contributed by atoms with E-state index in [0.29, 0.717) is 5.56 Å². The van der Waals surface area contributed by atoms with Gasteiger partial charge in [0.2, 0.25) is 0 Å². The second kappa shape index (κ2) is 10.1. The molecule has 0 bridgehead atoms. The van der Waals surface area contributed by atoms with Crippen molar-refractivity contribution in [3.8, 4) is 33.8 Å². The Balaban J connectivity index is 0.000000166. The summed E-state index contributed by atoms with van der Waals surface area (Å²) in [4.78, 5) is 0. The number of hydrogen-bond donors (Lipinski definition) is 2. The van der Waals surface area contributed by atoms with Crippen molar-refractivity contribution in [1.29, 1.82) is 0 Å². The number of benzene rings is 4. The fraction of sp³-hybridized carbons (Fsp3) is 0.111. The first kappa shape index (κ1) is 20.2. The van der Waals surface area contributed by atoms with Crippen molar-refractivity contribution in [2.24, 2.45) is 0 Å². The molecule has 2 N–H and O–H groups in total. The Morgan fingerprint density at radius 1 is 0.552 bits per heavy atom. The van der Waals surface area contributed by atoms with E-state index in [4.69, 9.17) is 0 Å². The molecular weight excluding hydrogens is 356 g/mol. The fourth-order valence-corrected chi connectivity index (χ4v) is 3.29. The minimum absolute atomic E-state index is 0.0706. The van der Waals surface area contributed by atoms with E-state index in [1.54, 1.807) is 12.1 Å². The minimum atomic E-state index is -0.0913. The van der Waals surface area contributed by atoms with Gasteiger partial charge in [0, 0.05) is 5.56 Å². The maximum atomic E-state index is 9.60. The molecule has 0 aliphatic carbocycles. The number of para-hydroxylation sites is 1. The molecular formula is C27H26O2. The van der Waals surface area contributed by atoms with E-state index < -0.39 is 0 Å². The van der Waals surface area contributed by atoms with Crippen molar-refractivity contribution in [3.63, 3.8) is 0 Å². The Bertz CT molecular complexity index is 1020. The number of aryl methyl sites for hydroxylation is 1. The van der Waals surface area contributed by atoms with Crippen molar-refractivity contribution in [2.45, 2.75) is 19.8 Å². The van der Waals surface area contributed by atoms with Gasteiger partial charge in [-0.2, -0.15) is 0 Å². The van der Waals surface area contributed by atoms with Gasteiger partial charge in [0.1, 0.15) is 0 Å². The quantitative estimate of drug-likeness (QED) is 0.371. The molecule has 4 rings (SSSR count). The average molecular weight is 383 g/mol. The van der Waals surface area contributed by atoms with Gasteiger partial charge in [-0.05, 0) is 34.7 Å². The number of rotatable bonds is 4. The molecule has 0 atom stereocenters. The molecule has 4 aromatic rings. The van der Waals surface area contributed by atoms with Crippen LogP contribution in [0, 0.1) is 0 Å². The van der Waals surface area contributed by atoms with Crippen LogP contribution in [0.4, 0.5) is 0 Å². The molecule has 0 spiro atoms. The summed E-state index contributed by atoms with van der Waals surface area (Å²) in [6.07, 6.45) is 2.36. The van der Waals surface area contributed by atoms with E-state index in [0.717, 1.165) is 12.0 Å². The molecule has 2 heteroatoms. The minimum Gasteiger partial charge on any atom is -0.504 e. The molecule has 0 saturated heterocycles. The average Bonchev–Trinajstić information content (AvgIpc) is 2.78. The van der Waals surface area contributed by atoms with E-state index >= 15 is 0 Å². The summed E-state index contributed by atoms with van der Waals surface area (Å²) in [5.41, 5.74) is 5.68. The second-order valence-corrected chi connectivity index (χ2v) is 6.81. The Morgan fingerprint density at radius 2 is 1.07 bits per heavy atom. The van der Waals surface area contributed by atoms with Gasteiger partial charge in [0.25, 0.3) is 0 Å². The van der Waals surface area contributed by atoms with Crippen LogP contribution >= 0.6 is 0 Å². The Morgan fingerprint density at radius 3 is 1.69 bits per heavy atom. The van der Waals surface area contributed by atoms with Crippen LogP contribution in [0.2, 0.25) is 0 Å². The van der Waals surface area contributed by atoms with Gasteiger partial charge in [0.15, 0.2) is 11.5 Å². The SMILES string of the molecule is CCCc1ccccc1-c1ccccc1.Oc1cccc(-c2ccccc2)c1O. The monoisotopic (exact) mass is 382 g/mol. The third-order valence-corrected chi connectivity index (χ3v) is 4.72. The predicted molar refractivity (Wildman–Crippen MR) is 121 cm³/mol. The van der Waals surface area contributed by atoms with Gasteiger partial charge >= 0.3 is 0 Å². The van der Waals surface area contributed by atoms with Gasteiger partial charge in [-0.25, -0.2) is 0 Å². The highest BCUT2D eigenvalue weighted by molar-refractivity contribution is 5.72. The Labute approximate surface area is 172 Å². The highest BCUT2D eigenvalue weighted by Gasteiger charge is 2.06. The Hall–Kier alpha value is -3.52. The molecule has 29 heavy (non-hydrogen) atoms. The van der Waals surface area contributed by atoms with E-state index in [1.165, 1.54) is 29.2 Å². The molecule has 2 nitrogen and oxygen atoms in total. The molecule has 4 aromatic carbocycles. The van der Waals surface area contributed by atoms with Crippen molar-refractivity contribution in [3.05, 3.63) is 109 Å². The number of aromatic hydroxyl groups is 2. The highest BCUT2D eigenvalue weighted by atomic mass is 16.3. The molecule has 0 saturated carbocycles. The number of phenolic OH excluding ortho intramolecular Hbond substituents is 2. The van der Waals surface area contributed by atoms with Crippen LogP contribution in [-0.2, 0) is 6.42 Å². The third-order valence-electron chi connectivity index (χ3n) is 4.72. The van der Waals surface area contributed by atoms with Crippen LogP contribution in [-0.4, -0.2) is 10.2 Å². The zero-order chi connectivity index (χ0) is 20.5. The maximum Gasteiger partial charge on any atom is 0.165 e. The summed E-state index contributed by atoms with van der Waals surface area (Å²) >= 11 is 0. The van der Waals surface area contributed by atoms with Crippen LogP contribution in [0.15, 0.2) is 103 Å². The topological polar surface area (TPSA) is 40.5 Å². The summed E-state index contributed by atoms with van der Waals surface area (Å²) in [6, 6.07) is 33.7. The molecule has 0 amide bonds. The molecule has 0 aliphatic heterocycles. The summed E-state index contributed by atoms with van der Waals surface area (Å²) in [7, 11) is 0. The van der Waals surface area contributed by atoms with Crippen LogP contribution in [0.25, 0.3) is 22.3 Å². The first-order valence-electron chi connectivity index (χ1n) is 9.90. The summed E-state index contributed by atoms with van der Waals surface area (Å²) in [5, 5.41) is 18.9. The summed E-state index contributed by atoms with van der Waals surface area (Å²) in [5.74, 6) is -0.162. The van der Waals surface area contributed by atoms with Gasteiger partial charge in [-0.3, -0.25) is 0 Å². The highest BCUT2D eigenvalue weighted by Crippen LogP contribution is 2.35. The smallest absolute Gasteiger partial charge is 0.165 e. The molecule has 0 radical (unpaired) electrons. The van der Waals surface area contributed by atoms with Gasteiger partial charge in [0.05, 0.1) is 0 Å². The van der Waals surface area contributed by atoms with Crippen molar-refractivity contribution < 1.29 is 10.2 Å². The first-order chi connectivity index (χ1) is 14.2. The fourth-order valence-electron chi connectivity index (χ4n) is 3.29. The van der Waals surface area contributed by atoms with Gasteiger partial charge in [-0.15, -0.1) is 0 Å². The lowest BCUT2D eigenvalue weighted by Gasteiger charge is -2.08. The van der Waals surface area contributed by atoms with E-state index in [2.05, 4.69) is 61.5 Å². The normalized spacial score (nSPS) is 10.1. The first-order valence-corrected chi connectivity index (χ1v) is 9.90. The maximum absolute atomic E-state index is 9.60. The van der Waals surface area contributed by atoms with Crippen LogP contribution in [0.1, 0.15) is 18.9 Å². The lowest BCUT2D eigenvalue weighted by atomic mass is 9.97. The number of phenols is 2. The number of hydrogen-bond acceptors (Lipinski definition) is 2. The third kappa shape index (κ3) is 5.26. The van der Waals surface area contributed by atoms with Crippen LogP contribution < -0.4 is 0 Å². The molecule has 0 aliphatic rings. The zero-order valence-electron chi connectivity index (χ0n) is 16.6. The summed E-state index contributed by atoms with van der Waals surface area (Å²) < 4.78 is 0. The molecule has 146 valence electrons. The Kier molecular flexibility index (Phi) is 7.07. The lowest BCUT2D eigenvalue weighted by molar-refractivity contribution is 0.405. The molecule has 0 aromatic heterocycles. The van der Waals surface area contributed by atoms with E-state index in [1.807, 2.05) is 30.3 Å². The van der Waals surface area contributed by atoms with E-state index in [-0.39, 0.29) is 11.5 Å². The zero-order valence-corrected chi connectivity index (χ0v) is 16.6.